The summed E-state index contributed by atoms with van der Waals surface area (Å²) in [6.45, 7) is 29.2. The molecule has 6 heteroatoms. The smallest absolute Gasteiger partial charge is 0.281 e. The first-order valence-corrected chi connectivity index (χ1v) is 8.78. The molecule has 0 aromatic rings. The van der Waals surface area contributed by atoms with Crippen molar-refractivity contribution >= 4 is 41.5 Å². The van der Waals surface area contributed by atoms with Crippen LogP contribution in [0.2, 0.25) is 15.8 Å². The van der Waals surface area contributed by atoms with E-state index in [0.29, 0.717) is 0 Å². The van der Waals surface area contributed by atoms with Crippen molar-refractivity contribution in [1.29, 1.82) is 0 Å². The molecule has 0 aliphatic heterocycles. The van der Waals surface area contributed by atoms with Gasteiger partial charge in [-0.05, 0) is 0 Å². The van der Waals surface area contributed by atoms with Gasteiger partial charge in [-0.1, -0.05) is 0 Å². The molecule has 0 aromatic carbocycles. The summed E-state index contributed by atoms with van der Waals surface area (Å²) in [4.78, 5) is 30.0. The Morgan fingerprint density at radius 3 is 0.895 bits per heavy atom. The molecule has 0 aromatic heterocycles. The molecular formula is C13H15CoGeO4. The normalized spacial score (nSPS) is 5.74. The average molecular weight is 367 g/mol. The van der Waals surface area contributed by atoms with E-state index in [9.17, 15) is 0 Å². The van der Waals surface area contributed by atoms with Crippen LogP contribution in [0.1, 0.15) is 0 Å². The summed E-state index contributed by atoms with van der Waals surface area (Å²) in [5, 5.41) is 3.70. The summed E-state index contributed by atoms with van der Waals surface area (Å²) in [7, 11) is 0. The van der Waals surface area contributed by atoms with Crippen molar-refractivity contribution in [1.82, 2.24) is 0 Å². The molecular weight excluding hydrogens is 352 g/mol. The molecule has 0 saturated heterocycles. The van der Waals surface area contributed by atoms with E-state index in [1.165, 1.54) is 15.8 Å². The van der Waals surface area contributed by atoms with Gasteiger partial charge in [0, 0.05) is 16.8 Å². The Morgan fingerprint density at radius 2 is 0.789 bits per heavy atom. The molecule has 0 aliphatic rings. The van der Waals surface area contributed by atoms with Gasteiger partial charge in [0.15, 0.2) is 0 Å². The van der Waals surface area contributed by atoms with E-state index in [2.05, 4.69) is 46.9 Å². The molecule has 0 aliphatic carbocycles. The molecule has 4 nitrogen and oxygen atoms in total. The zero-order valence-electron chi connectivity index (χ0n) is 10.4. The minimum atomic E-state index is -0.840. The van der Waals surface area contributed by atoms with Gasteiger partial charge in [0.2, 0.25) is 0 Å². The molecule has 0 atom stereocenters. The van der Waals surface area contributed by atoms with Gasteiger partial charge >= 0.3 is 68.1 Å². The van der Waals surface area contributed by atoms with E-state index in [1.807, 2.05) is 18.2 Å². The van der Waals surface area contributed by atoms with Crippen LogP contribution >= 0.6 is 0 Å². The topological polar surface area (TPSA) is 68.3 Å². The standard InChI is InChI=1S/C9H15Ge.4CO.Co/c1-4-7-10(8-5-2)9-6-3;4*1-2;/h4-6H,1-3,7-9H2;;;;;. The van der Waals surface area contributed by atoms with Gasteiger partial charge in [-0.2, -0.15) is 0 Å². The van der Waals surface area contributed by atoms with E-state index in [-0.39, 0.29) is 16.8 Å². The third kappa shape index (κ3) is 59.9. The number of hydrogen-bond donors (Lipinski definition) is 0. The van der Waals surface area contributed by atoms with E-state index in [4.69, 9.17) is 19.2 Å². The fourth-order valence-electron chi connectivity index (χ4n) is 0.862. The van der Waals surface area contributed by atoms with Crippen LogP contribution in [0, 0.1) is 0 Å². The predicted octanol–water partition coefficient (Wildman–Crippen LogP) is 1.45. The van der Waals surface area contributed by atoms with Gasteiger partial charge < -0.3 is 0 Å². The summed E-state index contributed by atoms with van der Waals surface area (Å²) < 4.78 is 0. The van der Waals surface area contributed by atoms with Crippen LogP contribution in [0.25, 0.3) is 0 Å². The Bertz CT molecular complexity index is 148. The molecule has 0 saturated carbocycles. The molecule has 19 heavy (non-hydrogen) atoms. The molecule has 10 radical (unpaired) electrons. The van der Waals surface area contributed by atoms with E-state index in [1.54, 1.807) is 0 Å². The first kappa shape index (κ1) is 36.1. The molecule has 0 bridgehead atoms. The minimum absolute atomic E-state index is 0. The molecule has 0 heterocycles. The Balaban J connectivity index is -0.0000000401. The van der Waals surface area contributed by atoms with Crippen LogP contribution in [0.5, 0.6) is 0 Å². The van der Waals surface area contributed by atoms with Crippen LogP contribution in [0.4, 0.5) is 0 Å². The average Bonchev–Trinajstić information content (AvgIpc) is 2.48. The summed E-state index contributed by atoms with van der Waals surface area (Å²) in [6, 6.07) is 0. The predicted molar refractivity (Wildman–Crippen MR) is 73.5 cm³/mol. The Morgan fingerprint density at radius 1 is 0.632 bits per heavy atom. The summed E-state index contributed by atoms with van der Waals surface area (Å²) in [6.07, 6.45) is 6.09. The van der Waals surface area contributed by atoms with E-state index in [0.717, 1.165) is 0 Å². The molecule has 0 fully saturated rings. The van der Waals surface area contributed by atoms with Crippen LogP contribution in [0.15, 0.2) is 38.0 Å². The van der Waals surface area contributed by atoms with Gasteiger partial charge in [-0.3, -0.25) is 19.2 Å². The molecule has 0 spiro atoms. The van der Waals surface area contributed by atoms with Gasteiger partial charge in [0.25, 0.3) is 27.2 Å². The van der Waals surface area contributed by atoms with Crippen molar-refractivity contribution in [2.24, 2.45) is 0 Å². The largest absolute Gasteiger partial charge is 0.281 e. The molecule has 0 rings (SSSR count). The van der Waals surface area contributed by atoms with Gasteiger partial charge in [0.1, 0.15) is 0 Å². The summed E-state index contributed by atoms with van der Waals surface area (Å²) >= 11 is -0.840. The third-order valence-electron chi connectivity index (χ3n) is 1.30. The number of rotatable bonds is 6. The van der Waals surface area contributed by atoms with Crippen molar-refractivity contribution < 1.29 is 36.0 Å². The Hall–Kier alpha value is -1.05. The zero-order valence-corrected chi connectivity index (χ0v) is 13.6. The molecule has 0 unspecified atom stereocenters. The van der Waals surface area contributed by atoms with Crippen LogP contribution in [-0.4, -0.2) is 41.5 Å². The Labute approximate surface area is 131 Å². The molecule has 0 N–H and O–H groups in total. The molecule has 104 valence electrons. The van der Waals surface area contributed by atoms with E-state index >= 15 is 0 Å². The van der Waals surface area contributed by atoms with Gasteiger partial charge in [-0.15, -0.1) is 0 Å². The summed E-state index contributed by atoms with van der Waals surface area (Å²) in [5.74, 6) is 0. The fourth-order valence-corrected chi connectivity index (χ4v) is 4.48. The second-order valence-electron chi connectivity index (χ2n) is 2.23. The quantitative estimate of drug-likeness (QED) is 0.527. The second kappa shape index (κ2) is 68.2. The number of allylic oxidation sites excluding steroid dienone is 3. The maximum atomic E-state index is 7.50. The Kier molecular flexibility index (Phi) is 130. The van der Waals surface area contributed by atoms with Crippen molar-refractivity contribution in [3.05, 3.63) is 38.0 Å². The first-order valence-electron chi connectivity index (χ1n) is 4.33. The first-order chi connectivity index (χ1) is 8.85. The van der Waals surface area contributed by atoms with Crippen molar-refractivity contribution in [2.75, 3.05) is 0 Å². The SMILES string of the molecule is C=C[CH2][Ge]([CH2]C=C)[CH2]C=C.[C]=O.[C]=O.[C]=O.[C]=O.[Co]. The van der Waals surface area contributed by atoms with E-state index < -0.39 is 14.3 Å². The van der Waals surface area contributed by atoms with Gasteiger partial charge in [-0.25, -0.2) is 0 Å². The summed E-state index contributed by atoms with van der Waals surface area (Å²) in [5.41, 5.74) is 0. The number of carbonyl (C=O) groups excluding carboxylic acids is 4. The minimum Gasteiger partial charge on any atom is -0.281 e. The zero-order chi connectivity index (χ0) is 15.8. The van der Waals surface area contributed by atoms with Crippen LogP contribution in [0.3, 0.4) is 0 Å². The van der Waals surface area contributed by atoms with Crippen molar-refractivity contribution in [3.63, 3.8) is 0 Å². The van der Waals surface area contributed by atoms with Gasteiger partial charge in [0.05, 0.1) is 0 Å². The molecule has 0 amide bonds. The maximum absolute atomic E-state index is 7.50. The maximum Gasteiger partial charge on any atom is 0.281 e. The van der Waals surface area contributed by atoms with Crippen LogP contribution in [-0.2, 0) is 36.0 Å². The fraction of sp³-hybridized carbons (Fsp3) is 0.231. The van der Waals surface area contributed by atoms with Crippen molar-refractivity contribution in [2.45, 2.75) is 15.8 Å². The second-order valence-corrected chi connectivity index (χ2v) is 7.95. The third-order valence-corrected chi connectivity index (χ3v) is 6.75. The number of hydrogen-bond acceptors (Lipinski definition) is 4. The van der Waals surface area contributed by atoms with Crippen molar-refractivity contribution in [3.8, 4) is 0 Å². The monoisotopic (exact) mass is 368 g/mol. The van der Waals surface area contributed by atoms with Crippen LogP contribution < -0.4 is 0 Å².